The van der Waals surface area contributed by atoms with E-state index in [2.05, 4.69) is 27.7 Å². The number of carbonyl (C=O) groups is 8. The minimum Gasteiger partial charge on any atom is -0.444 e. The van der Waals surface area contributed by atoms with Crippen molar-refractivity contribution in [3.8, 4) is 0 Å². The summed E-state index contributed by atoms with van der Waals surface area (Å²) in [5.74, 6) is -18.1. The van der Waals surface area contributed by atoms with Crippen molar-refractivity contribution in [1.29, 1.82) is 0 Å². The second kappa shape index (κ2) is 34.3. The fraction of sp³-hybridized carbons (Fsp3) is 0.418. The van der Waals surface area contributed by atoms with Crippen LogP contribution in [0, 0.1) is 55.7 Å². The molecule has 0 spiro atoms. The molecule has 0 radical (unpaired) electrons. The number of fused-ring (bicyclic) bond motifs is 6. The molecule has 7 atom stereocenters. The fourth-order valence-corrected chi connectivity index (χ4v) is 16.7. The fourth-order valence-electron chi connectivity index (χ4n) is 14.4. The number of rotatable bonds is 13. The summed E-state index contributed by atoms with van der Waals surface area (Å²) in [6.07, 6.45) is 0.786. The molecule has 630 valence electrons. The first-order valence-electron chi connectivity index (χ1n) is 36.6. The van der Waals surface area contributed by atoms with Gasteiger partial charge in [-0.3, -0.25) is 37.2 Å². The Balaban J connectivity index is 0.000000173. The Morgan fingerprint density at radius 3 is 1.01 bits per heavy atom. The Labute approximate surface area is 665 Å². The zero-order chi connectivity index (χ0) is 85.5. The van der Waals surface area contributed by atoms with Crippen molar-refractivity contribution < 1.29 is 118 Å². The number of carbonyl (C=O) groups excluding carboxylic acids is 8. The van der Waals surface area contributed by atoms with Crippen LogP contribution in [0.2, 0.25) is 0 Å². The third-order valence-electron chi connectivity index (χ3n) is 20.4. The highest BCUT2D eigenvalue weighted by molar-refractivity contribution is 8.00. The number of nitrogens with zero attached hydrogens (tertiary/aromatic N) is 7. The van der Waals surface area contributed by atoms with Gasteiger partial charge in [0.1, 0.15) is 40.5 Å². The number of anilines is 3. The lowest BCUT2D eigenvalue weighted by atomic mass is 9.98. The topological polar surface area (TPSA) is 266 Å². The molecule has 6 aromatic carbocycles. The van der Waals surface area contributed by atoms with Crippen LogP contribution in [0.5, 0.6) is 0 Å². The van der Waals surface area contributed by atoms with E-state index in [4.69, 9.17) is 18.9 Å². The minimum atomic E-state index is -4.34. The molecule has 117 heavy (non-hydrogen) atoms. The molecule has 6 bridgehead atoms. The number of ether oxygens (including phenoxy) is 4. The highest BCUT2D eigenvalue weighted by Crippen LogP contribution is 2.41. The van der Waals surface area contributed by atoms with Crippen molar-refractivity contribution in [2.45, 2.75) is 101 Å². The molecule has 7 heterocycles. The summed E-state index contributed by atoms with van der Waals surface area (Å²) < 4.78 is 226. The molecule has 0 aromatic heterocycles. The van der Waals surface area contributed by atoms with E-state index in [1.807, 2.05) is 0 Å². The van der Waals surface area contributed by atoms with Crippen LogP contribution in [0.3, 0.4) is 0 Å². The van der Waals surface area contributed by atoms with Crippen LogP contribution >= 0.6 is 0 Å². The second-order valence-corrected chi connectivity index (χ2v) is 35.7. The molecular formula is C79H84F12N10O14S2. The second-order valence-electron chi connectivity index (χ2n) is 30.5. The number of halogens is 12. The highest BCUT2D eigenvalue weighted by Gasteiger charge is 2.57. The molecule has 0 saturated carbocycles. The minimum absolute atomic E-state index is 0.0131. The summed E-state index contributed by atoms with van der Waals surface area (Å²) >= 11 is 0. The largest absolute Gasteiger partial charge is 0.444 e. The summed E-state index contributed by atoms with van der Waals surface area (Å²) in [5, 5.41) is 7.34. The summed E-state index contributed by atoms with van der Waals surface area (Å²) in [4.78, 5) is 111. The molecule has 7 fully saturated rings. The van der Waals surface area contributed by atoms with Gasteiger partial charge in [0.05, 0.1) is 92.6 Å². The SMILES string of the molecule is C=S(C)(=O)N1CC2COCC(C1)N2C(=O)C(F)(F)c1cc(C(=O)Nc2ccc(F)c(C)c2)ccc1F.C=S1(=O)CCN(C(=O)N2CC3COCC(C2)N3C(=O)C(F)(F)c2cc(C(=O)Nc3ccc(F)c(C)c3)ccc2F)CC1.Cc1cc(NC(=O)c2ccc(F)c(C(F)(F)C(=O)N3C4COCC3CN(C(=O)OC(C)(C)C)C4)c2)ccc1F. The number of amides is 9. The van der Waals surface area contributed by atoms with Gasteiger partial charge in [0.25, 0.3) is 35.4 Å². The first-order chi connectivity index (χ1) is 54.7. The number of urea groups is 1. The van der Waals surface area contributed by atoms with Crippen molar-refractivity contribution in [3.05, 3.63) is 194 Å². The number of nitrogens with one attached hydrogen (secondary N) is 3. The Morgan fingerprint density at radius 1 is 0.444 bits per heavy atom. The van der Waals surface area contributed by atoms with E-state index in [0.29, 0.717) is 36.4 Å². The van der Waals surface area contributed by atoms with Crippen LogP contribution < -0.4 is 16.0 Å². The Bertz CT molecular complexity index is 5090. The number of alkyl halides is 6. The van der Waals surface area contributed by atoms with Gasteiger partial charge in [-0.25, -0.2) is 40.2 Å². The van der Waals surface area contributed by atoms with Gasteiger partial charge < -0.3 is 64.3 Å². The third kappa shape index (κ3) is 19.6. The van der Waals surface area contributed by atoms with Crippen LogP contribution in [-0.2, 0) is 70.3 Å². The molecule has 13 rings (SSSR count). The number of benzene rings is 6. The quantitative estimate of drug-likeness (QED) is 0.0718. The number of hydrogen-bond acceptors (Lipinski definition) is 14. The molecule has 7 aliphatic heterocycles. The van der Waals surface area contributed by atoms with E-state index in [-0.39, 0.29) is 160 Å². The van der Waals surface area contributed by atoms with E-state index in [1.165, 1.54) is 82.4 Å². The monoisotopic (exact) mass is 1690 g/mol. The third-order valence-corrected chi connectivity index (χ3v) is 23.7. The van der Waals surface area contributed by atoms with Crippen molar-refractivity contribution in [3.63, 3.8) is 0 Å². The summed E-state index contributed by atoms with van der Waals surface area (Å²) in [6.45, 7) is 9.24. The summed E-state index contributed by atoms with van der Waals surface area (Å²) in [5.41, 5.74) is -4.09. The number of morpholine rings is 3. The van der Waals surface area contributed by atoms with Crippen molar-refractivity contribution in [2.24, 2.45) is 0 Å². The van der Waals surface area contributed by atoms with Crippen LogP contribution in [0.1, 0.15) is 85.2 Å². The van der Waals surface area contributed by atoms with Crippen LogP contribution in [-0.4, -0.2) is 253 Å². The van der Waals surface area contributed by atoms with Gasteiger partial charge in [-0.2, -0.15) is 26.3 Å². The van der Waals surface area contributed by atoms with Crippen LogP contribution in [0.4, 0.5) is 79.3 Å². The van der Waals surface area contributed by atoms with E-state index >= 15 is 26.3 Å². The predicted octanol–water partition coefficient (Wildman–Crippen LogP) is 9.94. The summed E-state index contributed by atoms with van der Waals surface area (Å²) in [7, 11) is -4.86. The number of aryl methyl sites for hydroxylation is 3. The van der Waals surface area contributed by atoms with Crippen LogP contribution in [0.15, 0.2) is 109 Å². The standard InChI is InChI=1S/C28H30F4N4O5S.C27H29F4N3O5.C24H25F4N3O4S/c1-17-11-19(4-6-23(17)29)33-25(37)18-3-5-24(30)22(12-18)28(31,32)26(38)36-20-13-35(14-21(36)16-41-15-20)27(39)34-7-9-42(2,40)10-8-34;1-15-9-17(6-8-21(15)28)32-23(35)16-5-7-22(29)20(10-16)27(30,31)24(36)34-18-11-33(12-19(34)14-38-13-18)25(37)39-26(2,3)4;1-14-8-16(5-7-20(14)25)29-22(32)15-4-6-21(26)19(9-15)24(27,28)23(33)31-17-10-30(36(2,3)34)11-18(31)13-35-12-17/h3-6,11-12,20-21H,2,7-10,13-16H2,1H3,(H,33,37);5-10,18-19H,11-14H2,1-4H3,(H,32,35);4-9,17-18H,2,10-13H2,1,3H3,(H,29,32). The maximum Gasteiger partial charge on any atom is 0.410 e. The average Bonchev–Trinajstić information content (AvgIpc) is 0.762. The molecule has 9 amide bonds. The highest BCUT2D eigenvalue weighted by atomic mass is 32.2. The Morgan fingerprint density at radius 2 is 0.726 bits per heavy atom. The maximum absolute atomic E-state index is 15.7. The Kier molecular flexibility index (Phi) is 25.7. The molecule has 7 unspecified atom stereocenters. The smallest absolute Gasteiger partial charge is 0.410 e. The molecule has 3 N–H and O–H groups in total. The maximum atomic E-state index is 15.7. The molecule has 38 heteroatoms. The van der Waals surface area contributed by atoms with Gasteiger partial charge in [-0.15, -0.1) is 0 Å². The first-order valence-corrected chi connectivity index (χ1v) is 40.8. The van der Waals surface area contributed by atoms with Gasteiger partial charge in [-0.1, -0.05) is 0 Å². The van der Waals surface area contributed by atoms with Gasteiger partial charge >= 0.3 is 29.9 Å². The zero-order valence-electron chi connectivity index (χ0n) is 64.3. The molecule has 0 aliphatic carbocycles. The number of hydrogen-bond donors (Lipinski definition) is 3. The average molecular weight is 1690 g/mol. The van der Waals surface area contributed by atoms with Gasteiger partial charge in [0.15, 0.2) is 0 Å². The zero-order valence-corrected chi connectivity index (χ0v) is 65.9. The summed E-state index contributed by atoms with van der Waals surface area (Å²) in [6, 6.07) is 12.7. The van der Waals surface area contributed by atoms with E-state index in [1.54, 1.807) is 20.8 Å². The lowest BCUT2D eigenvalue weighted by Gasteiger charge is -2.51. The lowest BCUT2D eigenvalue weighted by molar-refractivity contribution is -0.180. The molecule has 7 saturated heterocycles. The lowest BCUT2D eigenvalue weighted by Crippen LogP contribution is -2.69. The van der Waals surface area contributed by atoms with Gasteiger partial charge in [0.2, 0.25) is 0 Å². The van der Waals surface area contributed by atoms with Crippen LogP contribution in [0.25, 0.3) is 0 Å². The van der Waals surface area contributed by atoms with Gasteiger partial charge in [-0.05, 0) is 189 Å². The van der Waals surface area contributed by atoms with Crippen molar-refractivity contribution >= 4 is 95.6 Å². The van der Waals surface area contributed by atoms with Gasteiger partial charge in [0, 0.05) is 114 Å². The normalized spacial score (nSPS) is 21.2. The van der Waals surface area contributed by atoms with E-state index in [0.717, 1.165) is 51.1 Å². The predicted molar refractivity (Wildman–Crippen MR) is 408 cm³/mol. The molecular weight excluding hydrogens is 1610 g/mol. The van der Waals surface area contributed by atoms with Crippen molar-refractivity contribution in [1.82, 2.24) is 33.7 Å². The van der Waals surface area contributed by atoms with E-state index < -0.39 is 172 Å². The molecule has 24 nitrogen and oxygen atoms in total. The Hall–Kier alpha value is -10.3. The number of piperazine rings is 3. The van der Waals surface area contributed by atoms with Crippen molar-refractivity contribution in [2.75, 3.05) is 126 Å². The first kappa shape index (κ1) is 87.6. The van der Waals surface area contributed by atoms with E-state index in [9.17, 15) is 73.1 Å². The molecule has 6 aromatic rings. The molecule has 7 aliphatic rings.